The molecule has 2 amide bonds. The van der Waals surface area contributed by atoms with Gasteiger partial charge >= 0.3 is 0 Å². The summed E-state index contributed by atoms with van der Waals surface area (Å²) in [6.45, 7) is 3.06. The van der Waals surface area contributed by atoms with Gasteiger partial charge in [-0.25, -0.2) is 0 Å². The molecule has 2 fully saturated rings. The fraction of sp³-hybridized carbons (Fsp3) is 0.692. The number of rotatable bonds is 5. The zero-order chi connectivity index (χ0) is 14.1. The number of nitrogens with zero attached hydrogens (tertiary/aromatic N) is 3. The van der Waals surface area contributed by atoms with Gasteiger partial charge in [0.2, 0.25) is 11.8 Å². The molecule has 7 heteroatoms. The van der Waals surface area contributed by atoms with Crippen molar-refractivity contribution in [2.45, 2.75) is 38.6 Å². The highest BCUT2D eigenvalue weighted by Gasteiger charge is 2.41. The Labute approximate surface area is 121 Å². The van der Waals surface area contributed by atoms with E-state index in [2.05, 4.69) is 15.5 Å². The zero-order valence-corrected chi connectivity index (χ0v) is 12.3. The lowest BCUT2D eigenvalue weighted by atomic mass is 10.1. The average molecular weight is 294 g/mol. The van der Waals surface area contributed by atoms with Crippen LogP contribution in [0, 0.1) is 12.8 Å². The molecule has 1 N–H and O–H groups in total. The molecular weight excluding hydrogens is 276 g/mol. The van der Waals surface area contributed by atoms with Crippen LogP contribution >= 0.6 is 11.3 Å². The van der Waals surface area contributed by atoms with Crippen LogP contribution in [0.4, 0.5) is 0 Å². The van der Waals surface area contributed by atoms with Crippen LogP contribution in [0.5, 0.6) is 0 Å². The summed E-state index contributed by atoms with van der Waals surface area (Å²) in [5.74, 6) is -0.0607. The van der Waals surface area contributed by atoms with Crippen molar-refractivity contribution in [2.75, 3.05) is 13.1 Å². The molecule has 2 heterocycles. The maximum atomic E-state index is 12.1. The van der Waals surface area contributed by atoms with E-state index in [0.717, 1.165) is 22.9 Å². The van der Waals surface area contributed by atoms with Crippen LogP contribution in [0.25, 0.3) is 0 Å². The fourth-order valence-electron chi connectivity index (χ4n) is 2.52. The number of carbonyl (C=O) groups excluding carboxylic acids is 2. The van der Waals surface area contributed by atoms with Crippen molar-refractivity contribution in [1.82, 2.24) is 20.4 Å². The lowest BCUT2D eigenvalue weighted by molar-refractivity contribution is -0.129. The van der Waals surface area contributed by atoms with Gasteiger partial charge in [0.05, 0.1) is 5.92 Å². The largest absolute Gasteiger partial charge is 0.355 e. The Bertz CT molecular complexity index is 526. The standard InChI is InChI=1S/C13H18N4O2S/c1-8-15-16-11(20-8)4-5-14-13(19)9-6-12(18)17(7-9)10-2-3-10/h9-10H,2-7H2,1H3,(H,14,19). The summed E-state index contributed by atoms with van der Waals surface area (Å²) in [7, 11) is 0. The van der Waals surface area contributed by atoms with E-state index in [9.17, 15) is 9.59 Å². The van der Waals surface area contributed by atoms with E-state index < -0.39 is 0 Å². The van der Waals surface area contributed by atoms with Crippen molar-refractivity contribution in [3.05, 3.63) is 10.0 Å². The molecule has 1 aromatic heterocycles. The Morgan fingerprint density at radius 3 is 2.90 bits per heavy atom. The van der Waals surface area contributed by atoms with Crippen LogP contribution in [0.3, 0.4) is 0 Å². The van der Waals surface area contributed by atoms with Gasteiger partial charge in [-0.15, -0.1) is 21.5 Å². The van der Waals surface area contributed by atoms with E-state index in [4.69, 9.17) is 0 Å². The second kappa shape index (κ2) is 5.47. The highest BCUT2D eigenvalue weighted by molar-refractivity contribution is 7.11. The minimum atomic E-state index is -0.181. The van der Waals surface area contributed by atoms with Gasteiger partial charge in [0.1, 0.15) is 10.0 Å². The molecule has 1 saturated heterocycles. The van der Waals surface area contributed by atoms with E-state index in [0.29, 0.717) is 32.0 Å². The third kappa shape index (κ3) is 2.98. The molecule has 0 radical (unpaired) electrons. The molecule has 6 nitrogen and oxygen atoms in total. The summed E-state index contributed by atoms with van der Waals surface area (Å²) in [6.07, 6.45) is 3.25. The molecule has 1 unspecified atom stereocenters. The minimum absolute atomic E-state index is 0.0114. The van der Waals surface area contributed by atoms with Gasteiger partial charge in [-0.2, -0.15) is 0 Å². The van der Waals surface area contributed by atoms with Crippen LogP contribution in [0.15, 0.2) is 0 Å². The van der Waals surface area contributed by atoms with Crippen LogP contribution < -0.4 is 5.32 Å². The average Bonchev–Trinajstić information content (AvgIpc) is 3.06. The van der Waals surface area contributed by atoms with Crippen molar-refractivity contribution >= 4 is 23.2 Å². The lowest BCUT2D eigenvalue weighted by Gasteiger charge is -2.15. The van der Waals surface area contributed by atoms with Crippen LogP contribution in [0.1, 0.15) is 29.3 Å². The van der Waals surface area contributed by atoms with Crippen LogP contribution in [-0.2, 0) is 16.0 Å². The summed E-state index contributed by atoms with van der Waals surface area (Å²) in [6, 6.07) is 0.407. The van der Waals surface area contributed by atoms with Gasteiger partial charge in [0.15, 0.2) is 0 Å². The Balaban J connectivity index is 1.44. The molecule has 20 heavy (non-hydrogen) atoms. The minimum Gasteiger partial charge on any atom is -0.355 e. The van der Waals surface area contributed by atoms with E-state index >= 15 is 0 Å². The Morgan fingerprint density at radius 2 is 2.25 bits per heavy atom. The molecule has 1 atom stereocenters. The molecule has 1 aliphatic heterocycles. The molecule has 0 aromatic carbocycles. The quantitative estimate of drug-likeness (QED) is 0.859. The summed E-state index contributed by atoms with van der Waals surface area (Å²) >= 11 is 1.55. The van der Waals surface area contributed by atoms with Crippen molar-refractivity contribution in [2.24, 2.45) is 5.92 Å². The van der Waals surface area contributed by atoms with Crippen molar-refractivity contribution in [3.8, 4) is 0 Å². The van der Waals surface area contributed by atoms with Crippen LogP contribution in [-0.4, -0.2) is 46.0 Å². The first-order valence-corrected chi connectivity index (χ1v) is 7.81. The predicted octanol–water partition coefficient (Wildman–Crippen LogP) is 0.516. The maximum absolute atomic E-state index is 12.1. The van der Waals surface area contributed by atoms with Gasteiger partial charge < -0.3 is 10.2 Å². The molecule has 1 saturated carbocycles. The van der Waals surface area contributed by atoms with Gasteiger partial charge in [0, 0.05) is 32.0 Å². The first-order chi connectivity index (χ1) is 9.63. The number of amides is 2. The topological polar surface area (TPSA) is 75.2 Å². The molecule has 0 spiro atoms. The molecule has 1 aromatic rings. The van der Waals surface area contributed by atoms with Gasteiger partial charge in [-0.3, -0.25) is 9.59 Å². The van der Waals surface area contributed by atoms with E-state index in [1.165, 1.54) is 0 Å². The predicted molar refractivity (Wildman–Crippen MR) is 74.2 cm³/mol. The number of carbonyl (C=O) groups is 2. The number of hydrogen-bond donors (Lipinski definition) is 1. The number of nitrogens with one attached hydrogen (secondary N) is 1. The second-order valence-electron chi connectivity index (χ2n) is 5.43. The second-order valence-corrected chi connectivity index (χ2v) is 6.70. The highest BCUT2D eigenvalue weighted by atomic mass is 32.1. The maximum Gasteiger partial charge on any atom is 0.225 e. The molecule has 3 rings (SSSR count). The Hall–Kier alpha value is -1.50. The van der Waals surface area contributed by atoms with Crippen molar-refractivity contribution in [1.29, 1.82) is 0 Å². The third-order valence-electron chi connectivity index (χ3n) is 3.72. The molecular formula is C13H18N4O2S. The first kappa shape index (κ1) is 13.5. The van der Waals surface area contributed by atoms with Gasteiger partial charge in [0.25, 0.3) is 0 Å². The number of likely N-dealkylation sites (tertiary alicyclic amines) is 1. The molecule has 1 aliphatic carbocycles. The highest BCUT2D eigenvalue weighted by Crippen LogP contribution is 2.32. The normalized spacial score (nSPS) is 22.4. The first-order valence-electron chi connectivity index (χ1n) is 6.99. The zero-order valence-electron chi connectivity index (χ0n) is 11.5. The lowest BCUT2D eigenvalue weighted by Crippen LogP contribution is -2.34. The van der Waals surface area contributed by atoms with Gasteiger partial charge in [-0.1, -0.05) is 0 Å². The Morgan fingerprint density at radius 1 is 1.45 bits per heavy atom. The molecule has 108 valence electrons. The summed E-state index contributed by atoms with van der Waals surface area (Å²) in [4.78, 5) is 25.7. The summed E-state index contributed by atoms with van der Waals surface area (Å²) < 4.78 is 0. The fourth-order valence-corrected chi connectivity index (χ4v) is 3.23. The van der Waals surface area contributed by atoms with Crippen LogP contribution in [0.2, 0.25) is 0 Å². The van der Waals surface area contributed by atoms with E-state index in [-0.39, 0.29) is 17.7 Å². The SMILES string of the molecule is Cc1nnc(CCNC(=O)C2CC(=O)N(C3CC3)C2)s1. The number of aryl methyl sites for hydroxylation is 1. The van der Waals surface area contributed by atoms with Crippen molar-refractivity contribution < 1.29 is 9.59 Å². The smallest absolute Gasteiger partial charge is 0.225 e. The van der Waals surface area contributed by atoms with Crippen molar-refractivity contribution in [3.63, 3.8) is 0 Å². The van der Waals surface area contributed by atoms with E-state index in [1.807, 2.05) is 11.8 Å². The monoisotopic (exact) mass is 294 g/mol. The van der Waals surface area contributed by atoms with Gasteiger partial charge in [-0.05, 0) is 19.8 Å². The number of aromatic nitrogens is 2. The third-order valence-corrected chi connectivity index (χ3v) is 4.62. The Kier molecular flexibility index (Phi) is 3.69. The van der Waals surface area contributed by atoms with E-state index in [1.54, 1.807) is 11.3 Å². The molecule has 2 aliphatic rings. The number of hydrogen-bond acceptors (Lipinski definition) is 5. The summed E-state index contributed by atoms with van der Waals surface area (Å²) in [5, 5.41) is 12.7. The molecule has 0 bridgehead atoms. The summed E-state index contributed by atoms with van der Waals surface area (Å²) in [5.41, 5.74) is 0.